The molecule has 0 bridgehead atoms. The van der Waals surface area contributed by atoms with Crippen LogP contribution < -0.4 is 10.2 Å². The number of urea groups is 1. The molecule has 0 aromatic heterocycles. The van der Waals surface area contributed by atoms with Gasteiger partial charge in [0.25, 0.3) is 5.91 Å². The summed E-state index contributed by atoms with van der Waals surface area (Å²) in [6.07, 6.45) is 4.17. The van der Waals surface area contributed by atoms with Crippen LogP contribution in [0.1, 0.15) is 70.2 Å². The van der Waals surface area contributed by atoms with Crippen molar-refractivity contribution in [2.24, 2.45) is 11.3 Å². The standard InChI is InChI=1S/C27H38N4O4/c1-5-26(3,4)21-10-12-27(13-11-21)24(34)31(25(35)28-27)18-23(33)30-16-14-29(15-17-30)22-8-6-20(7-9-22)19(2)32/h6-9,21H,5,10-18H2,1-4H3,(H,28,35). The van der Waals surface area contributed by atoms with Crippen LogP contribution in [0, 0.1) is 11.3 Å². The Morgan fingerprint density at radius 2 is 1.63 bits per heavy atom. The number of Topliss-reactive ketones (excluding diaryl/α,β-unsaturated/α-hetero) is 1. The van der Waals surface area contributed by atoms with Crippen LogP contribution in [0.4, 0.5) is 10.5 Å². The van der Waals surface area contributed by atoms with Crippen molar-refractivity contribution in [2.75, 3.05) is 37.6 Å². The molecule has 1 spiro atoms. The Balaban J connectivity index is 1.31. The lowest BCUT2D eigenvalue weighted by Crippen LogP contribution is -2.53. The molecule has 0 unspecified atom stereocenters. The molecule has 2 aliphatic heterocycles. The quantitative estimate of drug-likeness (QED) is 0.495. The van der Waals surface area contributed by atoms with Gasteiger partial charge in [-0.3, -0.25) is 19.3 Å². The van der Waals surface area contributed by atoms with Gasteiger partial charge in [-0.25, -0.2) is 4.79 Å². The number of piperazine rings is 1. The first-order valence-electron chi connectivity index (χ1n) is 12.8. The Morgan fingerprint density at radius 3 is 2.17 bits per heavy atom. The normalized spacial score (nSPS) is 25.3. The van der Waals surface area contributed by atoms with E-state index in [1.807, 2.05) is 24.3 Å². The number of rotatable bonds is 6. The van der Waals surface area contributed by atoms with E-state index in [0.717, 1.165) is 29.8 Å². The molecule has 4 amide bonds. The van der Waals surface area contributed by atoms with E-state index in [0.29, 0.717) is 50.5 Å². The van der Waals surface area contributed by atoms with Crippen LogP contribution in [0.3, 0.4) is 0 Å². The number of amides is 4. The lowest BCUT2D eigenvalue weighted by atomic mass is 9.65. The number of ketones is 1. The van der Waals surface area contributed by atoms with Crippen molar-refractivity contribution >= 4 is 29.3 Å². The number of carbonyl (C=O) groups is 4. The zero-order valence-corrected chi connectivity index (χ0v) is 21.4. The van der Waals surface area contributed by atoms with Crippen molar-refractivity contribution in [3.05, 3.63) is 29.8 Å². The third-order valence-electron chi connectivity index (χ3n) is 8.67. The van der Waals surface area contributed by atoms with E-state index in [1.165, 1.54) is 0 Å². The highest BCUT2D eigenvalue weighted by atomic mass is 16.2. The molecule has 3 aliphatic rings. The summed E-state index contributed by atoms with van der Waals surface area (Å²) in [6.45, 7) is 10.4. The average Bonchev–Trinajstić information content (AvgIpc) is 3.08. The molecule has 2 saturated heterocycles. The summed E-state index contributed by atoms with van der Waals surface area (Å²) < 4.78 is 0. The highest BCUT2D eigenvalue weighted by Crippen LogP contribution is 2.45. The minimum absolute atomic E-state index is 0.0343. The van der Waals surface area contributed by atoms with Crippen LogP contribution in [-0.2, 0) is 9.59 Å². The third kappa shape index (κ3) is 4.93. The van der Waals surface area contributed by atoms with Gasteiger partial charge in [-0.1, -0.05) is 27.2 Å². The molecule has 3 fully saturated rings. The zero-order chi connectivity index (χ0) is 25.4. The largest absolute Gasteiger partial charge is 0.368 e. The van der Waals surface area contributed by atoms with Crippen LogP contribution in [0.2, 0.25) is 0 Å². The second kappa shape index (κ2) is 9.63. The first kappa shape index (κ1) is 25.2. The number of nitrogens with one attached hydrogen (secondary N) is 1. The smallest absolute Gasteiger partial charge is 0.325 e. The molecule has 1 aromatic rings. The molecule has 2 heterocycles. The Bertz CT molecular complexity index is 987. The van der Waals surface area contributed by atoms with Crippen molar-refractivity contribution < 1.29 is 19.2 Å². The lowest BCUT2D eigenvalue weighted by molar-refractivity contribution is -0.140. The molecule has 0 atom stereocenters. The number of hydrogen-bond acceptors (Lipinski definition) is 5. The van der Waals surface area contributed by atoms with Crippen LogP contribution in [0.25, 0.3) is 0 Å². The van der Waals surface area contributed by atoms with Gasteiger partial charge < -0.3 is 15.1 Å². The maximum atomic E-state index is 13.3. The lowest BCUT2D eigenvalue weighted by Gasteiger charge is -2.42. The average molecular weight is 483 g/mol. The summed E-state index contributed by atoms with van der Waals surface area (Å²) in [6, 6.07) is 7.05. The molecule has 1 aliphatic carbocycles. The molecule has 8 nitrogen and oxygen atoms in total. The van der Waals surface area contributed by atoms with Crippen molar-refractivity contribution in [3.63, 3.8) is 0 Å². The summed E-state index contributed by atoms with van der Waals surface area (Å²) in [5.41, 5.74) is 1.07. The fraction of sp³-hybridized carbons (Fsp3) is 0.630. The fourth-order valence-electron chi connectivity index (χ4n) is 5.70. The molecule has 190 valence electrons. The summed E-state index contributed by atoms with van der Waals surface area (Å²) in [5, 5.41) is 2.94. The maximum absolute atomic E-state index is 13.3. The Morgan fingerprint density at radius 1 is 1.03 bits per heavy atom. The molecular formula is C27H38N4O4. The Labute approximate surface area is 208 Å². The van der Waals surface area contributed by atoms with Crippen molar-refractivity contribution in [3.8, 4) is 0 Å². The Kier molecular flexibility index (Phi) is 6.93. The van der Waals surface area contributed by atoms with Gasteiger partial charge in [0.1, 0.15) is 12.1 Å². The number of hydrogen-bond donors (Lipinski definition) is 1. The number of imide groups is 1. The summed E-state index contributed by atoms with van der Waals surface area (Å²) in [7, 11) is 0. The predicted octanol–water partition coefficient (Wildman–Crippen LogP) is 3.45. The molecule has 0 radical (unpaired) electrons. The van der Waals surface area contributed by atoms with E-state index in [1.54, 1.807) is 11.8 Å². The van der Waals surface area contributed by atoms with E-state index in [9.17, 15) is 19.2 Å². The number of benzene rings is 1. The number of carbonyl (C=O) groups excluding carboxylic acids is 4. The first-order valence-corrected chi connectivity index (χ1v) is 12.8. The summed E-state index contributed by atoms with van der Waals surface area (Å²) in [4.78, 5) is 55.5. The SMILES string of the molecule is CCC(C)(C)C1CCC2(CC1)NC(=O)N(CC(=O)N1CCN(c3ccc(C(C)=O)cc3)CC1)C2=O. The maximum Gasteiger partial charge on any atom is 0.325 e. The number of nitrogens with zero attached hydrogens (tertiary/aromatic N) is 3. The third-order valence-corrected chi connectivity index (χ3v) is 8.67. The minimum Gasteiger partial charge on any atom is -0.368 e. The van der Waals surface area contributed by atoms with Gasteiger partial charge in [-0.15, -0.1) is 0 Å². The summed E-state index contributed by atoms with van der Waals surface area (Å²) >= 11 is 0. The van der Waals surface area contributed by atoms with E-state index in [-0.39, 0.29) is 29.6 Å². The van der Waals surface area contributed by atoms with Crippen LogP contribution in [0.15, 0.2) is 24.3 Å². The summed E-state index contributed by atoms with van der Waals surface area (Å²) in [5.74, 6) is 0.131. The fourth-order valence-corrected chi connectivity index (χ4v) is 5.70. The van der Waals surface area contributed by atoms with E-state index in [2.05, 4.69) is 31.0 Å². The van der Waals surface area contributed by atoms with Crippen molar-refractivity contribution in [1.29, 1.82) is 0 Å². The van der Waals surface area contributed by atoms with Crippen molar-refractivity contribution in [2.45, 2.75) is 65.3 Å². The van der Waals surface area contributed by atoms with Crippen LogP contribution in [0.5, 0.6) is 0 Å². The monoisotopic (exact) mass is 482 g/mol. The zero-order valence-electron chi connectivity index (χ0n) is 21.4. The van der Waals surface area contributed by atoms with E-state index >= 15 is 0 Å². The van der Waals surface area contributed by atoms with Crippen molar-refractivity contribution in [1.82, 2.24) is 15.1 Å². The highest BCUT2D eigenvalue weighted by Gasteiger charge is 2.54. The van der Waals surface area contributed by atoms with Crippen LogP contribution >= 0.6 is 0 Å². The second-order valence-electron chi connectivity index (χ2n) is 11.0. The van der Waals surface area contributed by atoms with Gasteiger partial charge in [-0.05, 0) is 68.2 Å². The molecular weight excluding hydrogens is 444 g/mol. The van der Waals surface area contributed by atoms with Gasteiger partial charge >= 0.3 is 6.03 Å². The first-order chi connectivity index (χ1) is 16.6. The van der Waals surface area contributed by atoms with E-state index < -0.39 is 11.6 Å². The second-order valence-corrected chi connectivity index (χ2v) is 11.0. The van der Waals surface area contributed by atoms with Gasteiger partial charge in [0.15, 0.2) is 5.78 Å². The van der Waals surface area contributed by atoms with Gasteiger partial charge in [0.05, 0.1) is 0 Å². The van der Waals surface area contributed by atoms with Gasteiger partial charge in [-0.2, -0.15) is 0 Å². The predicted molar refractivity (Wildman–Crippen MR) is 134 cm³/mol. The van der Waals surface area contributed by atoms with Gasteiger partial charge in [0.2, 0.25) is 5.91 Å². The van der Waals surface area contributed by atoms with Gasteiger partial charge in [0, 0.05) is 37.4 Å². The Hall–Kier alpha value is -2.90. The van der Waals surface area contributed by atoms with E-state index in [4.69, 9.17) is 0 Å². The molecule has 1 aromatic carbocycles. The molecule has 35 heavy (non-hydrogen) atoms. The number of anilines is 1. The highest BCUT2D eigenvalue weighted by molar-refractivity contribution is 6.09. The molecule has 4 rings (SSSR count). The van der Waals surface area contributed by atoms with Crippen LogP contribution in [-0.4, -0.2) is 71.7 Å². The minimum atomic E-state index is -0.845. The molecule has 1 saturated carbocycles. The topological polar surface area (TPSA) is 90.0 Å². The molecule has 1 N–H and O–H groups in total. The molecule has 8 heteroatoms.